The normalized spacial score (nSPS) is 23.0. The highest BCUT2D eigenvalue weighted by atomic mass is 16.4. The van der Waals surface area contributed by atoms with Crippen LogP contribution >= 0.6 is 0 Å². The van der Waals surface area contributed by atoms with Crippen molar-refractivity contribution in [3.05, 3.63) is 65.7 Å². The Morgan fingerprint density at radius 1 is 1.25 bits per heavy atom. The fourth-order valence-corrected chi connectivity index (χ4v) is 4.55. The Kier molecular flexibility index (Phi) is 5.16. The van der Waals surface area contributed by atoms with E-state index in [-0.39, 0.29) is 5.56 Å². The van der Waals surface area contributed by atoms with Crippen molar-refractivity contribution >= 4 is 11.6 Å². The molecule has 2 fully saturated rings. The van der Waals surface area contributed by atoms with Gasteiger partial charge in [-0.2, -0.15) is 5.10 Å². The van der Waals surface area contributed by atoms with Gasteiger partial charge in [0.15, 0.2) is 5.65 Å². The van der Waals surface area contributed by atoms with Crippen LogP contribution in [0.3, 0.4) is 0 Å². The van der Waals surface area contributed by atoms with Crippen molar-refractivity contribution in [2.24, 2.45) is 5.92 Å². The monoisotopic (exact) mass is 377 g/mol. The van der Waals surface area contributed by atoms with Gasteiger partial charge >= 0.3 is 5.97 Å². The van der Waals surface area contributed by atoms with Crippen LogP contribution in [0.5, 0.6) is 0 Å². The Morgan fingerprint density at radius 3 is 2.75 bits per heavy atom. The smallest absolute Gasteiger partial charge is 0.341 e. The largest absolute Gasteiger partial charge is 0.477 e. The molecule has 2 aromatic rings. The molecule has 2 saturated carbocycles. The number of hydrogen-bond acceptors (Lipinski definition) is 3. The van der Waals surface area contributed by atoms with Crippen LogP contribution in [0.1, 0.15) is 78.9 Å². The number of rotatable bonds is 6. The number of allylic oxidation sites excluding steroid dienone is 5. The molecule has 0 spiro atoms. The Balaban J connectivity index is 1.72. The highest BCUT2D eigenvalue weighted by molar-refractivity contribution is 5.94. The molecule has 4 rings (SSSR count). The van der Waals surface area contributed by atoms with Crippen molar-refractivity contribution in [2.45, 2.75) is 57.3 Å². The van der Waals surface area contributed by atoms with Crippen molar-refractivity contribution in [1.29, 1.82) is 0 Å². The molecule has 0 bridgehead atoms. The van der Waals surface area contributed by atoms with Crippen molar-refractivity contribution in [1.82, 2.24) is 14.6 Å². The van der Waals surface area contributed by atoms with Crippen LogP contribution in [0.4, 0.5) is 0 Å². The molecule has 2 aromatic heterocycles. The molecular weight excluding hydrogens is 350 g/mol. The second-order valence-electron chi connectivity index (χ2n) is 7.94. The summed E-state index contributed by atoms with van der Waals surface area (Å²) in [6.45, 7) is 6.25. The summed E-state index contributed by atoms with van der Waals surface area (Å²) >= 11 is 0. The fraction of sp³-hybridized carbons (Fsp3) is 0.435. The molecule has 2 heterocycles. The van der Waals surface area contributed by atoms with Crippen LogP contribution in [0.2, 0.25) is 0 Å². The Hall–Kier alpha value is -2.69. The second kappa shape index (κ2) is 7.74. The lowest BCUT2D eigenvalue weighted by Gasteiger charge is -2.25. The third-order valence-corrected chi connectivity index (χ3v) is 6.10. The summed E-state index contributed by atoms with van der Waals surface area (Å²) in [6.07, 6.45) is 18.5. The highest BCUT2D eigenvalue weighted by Crippen LogP contribution is 2.54. The molecule has 2 atom stereocenters. The molecule has 0 aliphatic heterocycles. The predicted molar refractivity (Wildman–Crippen MR) is 110 cm³/mol. The predicted octanol–water partition coefficient (Wildman–Crippen LogP) is 5.27. The molecule has 0 saturated heterocycles. The molecule has 0 aromatic carbocycles. The SMILES string of the molecule is C=C(/C=C\C=C/C)C1CC1c1cnc2c(C(=O)O)cnn2c1C1CCCCC1. The van der Waals surface area contributed by atoms with E-state index in [1.165, 1.54) is 36.7 Å². The van der Waals surface area contributed by atoms with E-state index in [1.54, 1.807) is 0 Å². The van der Waals surface area contributed by atoms with E-state index in [1.807, 2.05) is 35.9 Å². The maximum absolute atomic E-state index is 11.5. The summed E-state index contributed by atoms with van der Waals surface area (Å²) in [7, 11) is 0. The number of carbonyl (C=O) groups is 1. The standard InChI is InChI=1S/C23H27N3O2/c1-3-4-6-9-15(2)17-12-18(17)19-13-24-22-20(23(27)28)14-25-26(22)21(19)16-10-7-5-8-11-16/h3-4,6,9,13-14,16-18H,2,5,7-8,10-12H2,1H3,(H,27,28)/b4-3-,9-6-. The topological polar surface area (TPSA) is 67.5 Å². The maximum Gasteiger partial charge on any atom is 0.341 e. The van der Waals surface area contributed by atoms with Crippen molar-refractivity contribution in [3.63, 3.8) is 0 Å². The van der Waals surface area contributed by atoms with Crippen LogP contribution in [-0.4, -0.2) is 25.7 Å². The molecule has 0 radical (unpaired) electrons. The number of carboxylic acid groups (broad SMARTS) is 1. The molecule has 146 valence electrons. The lowest BCUT2D eigenvalue weighted by Crippen LogP contribution is -2.14. The molecule has 2 unspecified atom stereocenters. The average molecular weight is 377 g/mol. The maximum atomic E-state index is 11.5. The van der Waals surface area contributed by atoms with Crippen LogP contribution in [0.15, 0.2) is 48.8 Å². The number of nitrogens with zero attached hydrogens (tertiary/aromatic N) is 3. The first-order valence-electron chi connectivity index (χ1n) is 10.2. The first kappa shape index (κ1) is 18.7. The van der Waals surface area contributed by atoms with Gasteiger partial charge in [-0.05, 0) is 43.6 Å². The molecular formula is C23H27N3O2. The van der Waals surface area contributed by atoms with E-state index in [4.69, 9.17) is 0 Å². The first-order chi connectivity index (χ1) is 13.6. The van der Waals surface area contributed by atoms with Crippen LogP contribution in [-0.2, 0) is 0 Å². The van der Waals surface area contributed by atoms with Gasteiger partial charge in [0.05, 0.1) is 11.9 Å². The fourth-order valence-electron chi connectivity index (χ4n) is 4.55. The Labute approximate surface area is 165 Å². The van der Waals surface area contributed by atoms with Gasteiger partial charge in [-0.3, -0.25) is 0 Å². The molecule has 2 aliphatic carbocycles. The molecule has 0 amide bonds. The third-order valence-electron chi connectivity index (χ3n) is 6.10. The van der Waals surface area contributed by atoms with Gasteiger partial charge in [-0.1, -0.05) is 55.7 Å². The lowest BCUT2D eigenvalue weighted by molar-refractivity contribution is 0.0698. The number of aromatic carboxylic acids is 1. The van der Waals surface area contributed by atoms with Crippen LogP contribution in [0, 0.1) is 5.92 Å². The van der Waals surface area contributed by atoms with E-state index >= 15 is 0 Å². The molecule has 5 nitrogen and oxygen atoms in total. The summed E-state index contributed by atoms with van der Waals surface area (Å²) in [6, 6.07) is 0. The number of carboxylic acids is 1. The zero-order chi connectivity index (χ0) is 19.7. The van der Waals surface area contributed by atoms with E-state index in [9.17, 15) is 9.90 Å². The minimum absolute atomic E-state index is 0.176. The second-order valence-corrected chi connectivity index (χ2v) is 7.94. The van der Waals surface area contributed by atoms with Crippen molar-refractivity contribution < 1.29 is 9.90 Å². The van der Waals surface area contributed by atoms with E-state index in [0.29, 0.717) is 23.4 Å². The Bertz CT molecular complexity index is 964. The molecule has 2 aliphatic rings. The van der Waals surface area contributed by atoms with Gasteiger partial charge in [-0.25, -0.2) is 14.3 Å². The van der Waals surface area contributed by atoms with Gasteiger partial charge in [0.1, 0.15) is 5.56 Å². The Morgan fingerprint density at radius 2 is 2.04 bits per heavy atom. The molecule has 1 N–H and O–H groups in total. The van der Waals surface area contributed by atoms with Gasteiger partial charge in [0.2, 0.25) is 0 Å². The minimum Gasteiger partial charge on any atom is -0.477 e. The zero-order valence-electron chi connectivity index (χ0n) is 16.3. The van der Waals surface area contributed by atoms with Crippen LogP contribution < -0.4 is 0 Å². The number of hydrogen-bond donors (Lipinski definition) is 1. The van der Waals surface area contributed by atoms with E-state index < -0.39 is 5.97 Å². The zero-order valence-corrected chi connectivity index (χ0v) is 16.3. The summed E-state index contributed by atoms with van der Waals surface area (Å²) in [4.78, 5) is 16.1. The lowest BCUT2D eigenvalue weighted by atomic mass is 9.84. The van der Waals surface area contributed by atoms with Crippen molar-refractivity contribution in [2.75, 3.05) is 0 Å². The quantitative estimate of drug-likeness (QED) is 0.697. The van der Waals surface area contributed by atoms with Gasteiger partial charge in [-0.15, -0.1) is 0 Å². The van der Waals surface area contributed by atoms with Crippen molar-refractivity contribution in [3.8, 4) is 0 Å². The summed E-state index contributed by atoms with van der Waals surface area (Å²) in [5, 5.41) is 13.9. The minimum atomic E-state index is -0.975. The molecule has 5 heteroatoms. The summed E-state index contributed by atoms with van der Waals surface area (Å²) in [5.74, 6) is 0.271. The summed E-state index contributed by atoms with van der Waals surface area (Å²) < 4.78 is 1.81. The highest BCUT2D eigenvalue weighted by Gasteiger charge is 2.42. The number of fused-ring (bicyclic) bond motifs is 1. The third kappa shape index (κ3) is 3.41. The first-order valence-corrected chi connectivity index (χ1v) is 10.2. The van der Waals surface area contributed by atoms with E-state index in [0.717, 1.165) is 24.8 Å². The molecule has 28 heavy (non-hydrogen) atoms. The van der Waals surface area contributed by atoms with Crippen LogP contribution in [0.25, 0.3) is 5.65 Å². The number of aromatic nitrogens is 3. The van der Waals surface area contributed by atoms with Gasteiger partial charge in [0, 0.05) is 12.1 Å². The average Bonchev–Trinajstić information content (AvgIpc) is 3.38. The van der Waals surface area contributed by atoms with E-state index in [2.05, 4.69) is 22.7 Å². The van der Waals surface area contributed by atoms with Gasteiger partial charge < -0.3 is 5.11 Å². The summed E-state index contributed by atoms with van der Waals surface area (Å²) in [5.41, 5.74) is 4.18. The van der Waals surface area contributed by atoms with Gasteiger partial charge in [0.25, 0.3) is 0 Å².